The molecule has 3 nitrogen and oxygen atoms in total. The number of nitrogens with zero attached hydrogens (tertiary/aromatic N) is 1. The summed E-state index contributed by atoms with van der Waals surface area (Å²) in [5.74, 6) is -0.325. The molecule has 0 bridgehead atoms. The first-order chi connectivity index (χ1) is 10.5. The third-order valence-electron chi connectivity index (χ3n) is 3.51. The van der Waals surface area contributed by atoms with E-state index in [1.54, 1.807) is 12.1 Å². The number of anilines is 1. The highest BCUT2D eigenvalue weighted by Gasteiger charge is 2.15. The zero-order valence-electron chi connectivity index (χ0n) is 12.5. The number of hydrogen-bond donors (Lipinski definition) is 1. The maximum atomic E-state index is 13.0. The van der Waals surface area contributed by atoms with Crippen molar-refractivity contribution in [2.24, 2.45) is 0 Å². The first kappa shape index (κ1) is 16.9. The Morgan fingerprint density at radius 3 is 2.59 bits per heavy atom. The Morgan fingerprint density at radius 1 is 1.27 bits per heavy atom. The van der Waals surface area contributed by atoms with Gasteiger partial charge in [-0.2, -0.15) is 0 Å². The number of hydrogen-bond acceptors (Lipinski definition) is 2. The summed E-state index contributed by atoms with van der Waals surface area (Å²) in [6.45, 7) is 2.26. The number of carbonyl (C=O) groups excluding carboxylic acids is 1. The topological polar surface area (TPSA) is 32.3 Å². The van der Waals surface area contributed by atoms with Crippen molar-refractivity contribution >= 4 is 34.2 Å². The van der Waals surface area contributed by atoms with Gasteiger partial charge in [0.25, 0.3) is 0 Å². The predicted molar refractivity (Wildman–Crippen MR) is 95.2 cm³/mol. The quantitative estimate of drug-likeness (QED) is 0.752. The van der Waals surface area contributed by atoms with Crippen LogP contribution >= 0.6 is 22.6 Å². The van der Waals surface area contributed by atoms with Crippen LogP contribution in [-0.4, -0.2) is 24.4 Å². The average molecular weight is 412 g/mol. The van der Waals surface area contributed by atoms with Gasteiger partial charge in [0, 0.05) is 15.3 Å². The second-order valence-electron chi connectivity index (χ2n) is 5.20. The summed E-state index contributed by atoms with van der Waals surface area (Å²) in [6, 6.07) is 14.0. The molecule has 2 aromatic carbocycles. The Balaban J connectivity index is 1.94. The van der Waals surface area contributed by atoms with E-state index in [1.807, 2.05) is 43.1 Å². The van der Waals surface area contributed by atoms with Crippen LogP contribution in [0.25, 0.3) is 0 Å². The molecule has 0 fully saturated rings. The Bertz CT molecular complexity index is 645. The van der Waals surface area contributed by atoms with E-state index in [0.29, 0.717) is 0 Å². The molecule has 0 aromatic heterocycles. The first-order valence-corrected chi connectivity index (χ1v) is 8.04. The third-order valence-corrected chi connectivity index (χ3v) is 4.19. The van der Waals surface area contributed by atoms with Crippen molar-refractivity contribution in [2.75, 3.05) is 18.9 Å². The van der Waals surface area contributed by atoms with Gasteiger partial charge in [-0.15, -0.1) is 0 Å². The van der Waals surface area contributed by atoms with Gasteiger partial charge in [-0.05, 0) is 72.5 Å². The number of rotatable bonds is 5. The number of carbonyl (C=O) groups is 1. The normalized spacial score (nSPS) is 12.2. The minimum Gasteiger partial charge on any atom is -0.325 e. The van der Waals surface area contributed by atoms with E-state index in [2.05, 4.69) is 27.9 Å². The summed E-state index contributed by atoms with van der Waals surface area (Å²) < 4.78 is 14.0. The molecule has 116 valence electrons. The second kappa shape index (κ2) is 7.69. The Morgan fingerprint density at radius 2 is 1.95 bits per heavy atom. The van der Waals surface area contributed by atoms with Gasteiger partial charge >= 0.3 is 0 Å². The number of amides is 1. The van der Waals surface area contributed by atoms with Crippen molar-refractivity contribution in [1.29, 1.82) is 0 Å². The van der Waals surface area contributed by atoms with Gasteiger partial charge in [0.1, 0.15) is 5.82 Å². The van der Waals surface area contributed by atoms with Gasteiger partial charge in [-0.1, -0.05) is 18.2 Å². The molecule has 0 spiro atoms. The fourth-order valence-electron chi connectivity index (χ4n) is 2.13. The molecular formula is C17H18FIN2O. The molecule has 22 heavy (non-hydrogen) atoms. The van der Waals surface area contributed by atoms with Gasteiger partial charge in [0.15, 0.2) is 0 Å². The molecule has 1 amide bonds. The average Bonchev–Trinajstić information content (AvgIpc) is 2.47. The number of benzene rings is 2. The smallest absolute Gasteiger partial charge is 0.238 e. The van der Waals surface area contributed by atoms with E-state index in [1.165, 1.54) is 12.1 Å². The number of halogens is 2. The molecule has 0 aliphatic heterocycles. The minimum atomic E-state index is -0.255. The molecule has 2 aromatic rings. The molecule has 2 rings (SSSR count). The Hall–Kier alpha value is -1.47. The van der Waals surface area contributed by atoms with Crippen LogP contribution in [0.1, 0.15) is 18.5 Å². The van der Waals surface area contributed by atoms with Crippen LogP contribution in [0, 0.1) is 9.39 Å². The van der Waals surface area contributed by atoms with E-state index >= 15 is 0 Å². The van der Waals surface area contributed by atoms with Crippen molar-refractivity contribution in [3.05, 3.63) is 63.5 Å². The summed E-state index contributed by atoms with van der Waals surface area (Å²) in [5.41, 5.74) is 1.77. The molecule has 1 N–H and O–H groups in total. The highest BCUT2D eigenvalue weighted by Crippen LogP contribution is 2.19. The SMILES string of the molecule is CC(c1ccc(F)cc1)N(C)CC(=O)Nc1cccc(I)c1. The van der Waals surface area contributed by atoms with Crippen LogP contribution in [0.4, 0.5) is 10.1 Å². The van der Waals surface area contributed by atoms with Gasteiger partial charge in [-0.25, -0.2) is 4.39 Å². The monoisotopic (exact) mass is 412 g/mol. The summed E-state index contributed by atoms with van der Waals surface area (Å²) in [6.07, 6.45) is 0. The van der Waals surface area contributed by atoms with Crippen LogP contribution < -0.4 is 5.32 Å². The zero-order valence-corrected chi connectivity index (χ0v) is 14.7. The number of nitrogens with one attached hydrogen (secondary N) is 1. The predicted octanol–water partition coefficient (Wildman–Crippen LogP) is 4.06. The van der Waals surface area contributed by atoms with Crippen LogP contribution in [0.2, 0.25) is 0 Å². The van der Waals surface area contributed by atoms with Crippen molar-refractivity contribution < 1.29 is 9.18 Å². The number of likely N-dealkylation sites (N-methyl/N-ethyl adjacent to an activating group) is 1. The van der Waals surface area contributed by atoms with Gasteiger partial charge < -0.3 is 5.32 Å². The van der Waals surface area contributed by atoms with Gasteiger partial charge in [-0.3, -0.25) is 9.69 Å². The molecule has 0 aliphatic carbocycles. The van der Waals surface area contributed by atoms with Crippen LogP contribution in [-0.2, 0) is 4.79 Å². The summed E-state index contributed by atoms with van der Waals surface area (Å²) in [7, 11) is 1.88. The molecule has 0 saturated heterocycles. The van der Waals surface area contributed by atoms with Crippen molar-refractivity contribution in [1.82, 2.24) is 4.90 Å². The standard InChI is InChI=1S/C17H18FIN2O/c1-12(13-6-8-14(18)9-7-13)21(2)11-17(22)20-16-5-3-4-15(19)10-16/h3-10,12H,11H2,1-2H3,(H,20,22). The molecule has 0 heterocycles. The van der Waals surface area contributed by atoms with Gasteiger partial charge in [0.05, 0.1) is 6.54 Å². The van der Waals surface area contributed by atoms with Crippen molar-refractivity contribution in [3.63, 3.8) is 0 Å². The third kappa shape index (κ3) is 4.78. The fraction of sp³-hybridized carbons (Fsp3) is 0.235. The molecule has 5 heteroatoms. The first-order valence-electron chi connectivity index (χ1n) is 6.97. The molecule has 1 atom stereocenters. The van der Waals surface area contributed by atoms with E-state index in [-0.39, 0.29) is 24.3 Å². The Labute approximate surface area is 143 Å². The minimum absolute atomic E-state index is 0.0299. The lowest BCUT2D eigenvalue weighted by Crippen LogP contribution is -2.32. The fourth-order valence-corrected chi connectivity index (χ4v) is 2.67. The lowest BCUT2D eigenvalue weighted by atomic mass is 10.1. The van der Waals surface area contributed by atoms with Crippen LogP contribution in [0.15, 0.2) is 48.5 Å². The van der Waals surface area contributed by atoms with Crippen molar-refractivity contribution in [3.8, 4) is 0 Å². The zero-order chi connectivity index (χ0) is 16.1. The van der Waals surface area contributed by atoms with Gasteiger partial charge in [0.2, 0.25) is 5.91 Å². The van der Waals surface area contributed by atoms with E-state index < -0.39 is 0 Å². The Kier molecular flexibility index (Phi) is 5.90. The van der Waals surface area contributed by atoms with Crippen LogP contribution in [0.3, 0.4) is 0 Å². The van der Waals surface area contributed by atoms with E-state index in [4.69, 9.17) is 0 Å². The second-order valence-corrected chi connectivity index (χ2v) is 6.45. The molecule has 0 aliphatic rings. The maximum absolute atomic E-state index is 13.0. The lowest BCUT2D eigenvalue weighted by molar-refractivity contribution is -0.117. The molecule has 0 radical (unpaired) electrons. The van der Waals surface area contributed by atoms with E-state index in [0.717, 1.165) is 14.8 Å². The lowest BCUT2D eigenvalue weighted by Gasteiger charge is -2.24. The molecular weight excluding hydrogens is 394 g/mol. The maximum Gasteiger partial charge on any atom is 0.238 e. The summed E-state index contributed by atoms with van der Waals surface area (Å²) in [5, 5.41) is 2.88. The van der Waals surface area contributed by atoms with Crippen LogP contribution in [0.5, 0.6) is 0 Å². The largest absolute Gasteiger partial charge is 0.325 e. The molecule has 1 unspecified atom stereocenters. The molecule has 0 saturated carbocycles. The highest BCUT2D eigenvalue weighted by molar-refractivity contribution is 14.1. The summed E-state index contributed by atoms with van der Waals surface area (Å²) in [4.78, 5) is 14.0. The highest BCUT2D eigenvalue weighted by atomic mass is 127. The summed E-state index contributed by atoms with van der Waals surface area (Å²) >= 11 is 2.21. The van der Waals surface area contributed by atoms with Crippen molar-refractivity contribution in [2.45, 2.75) is 13.0 Å². The van der Waals surface area contributed by atoms with E-state index in [9.17, 15) is 9.18 Å².